The highest BCUT2D eigenvalue weighted by molar-refractivity contribution is 5.16. The van der Waals surface area contributed by atoms with E-state index in [0.29, 0.717) is 5.92 Å². The van der Waals surface area contributed by atoms with Crippen LogP contribution in [-0.2, 0) is 6.42 Å². The summed E-state index contributed by atoms with van der Waals surface area (Å²) in [4.78, 5) is 8.06. The van der Waals surface area contributed by atoms with E-state index in [1.807, 2.05) is 24.8 Å². The summed E-state index contributed by atoms with van der Waals surface area (Å²) >= 11 is 0. The van der Waals surface area contributed by atoms with E-state index in [1.165, 1.54) is 11.1 Å². The molecule has 0 aliphatic heterocycles. The van der Waals surface area contributed by atoms with Gasteiger partial charge in [0.05, 0.1) is 0 Å². The molecule has 0 spiro atoms. The summed E-state index contributed by atoms with van der Waals surface area (Å²) in [5, 5.41) is 0. The smallest absolute Gasteiger partial charge is 0.0270 e. The molecule has 2 aromatic heterocycles. The molecule has 2 heterocycles. The Morgan fingerprint density at radius 1 is 0.938 bits per heavy atom. The van der Waals surface area contributed by atoms with Gasteiger partial charge in [0.25, 0.3) is 0 Å². The molecule has 0 N–H and O–H groups in total. The summed E-state index contributed by atoms with van der Waals surface area (Å²) in [6.45, 7) is 2.26. The number of nitrogens with zero attached hydrogens (tertiary/aromatic N) is 2. The SMILES string of the molecule is CC(CCc1ccncc1)c1ccncc1. The molecule has 0 aromatic carbocycles. The van der Waals surface area contributed by atoms with Crippen molar-refractivity contribution in [3.8, 4) is 0 Å². The number of hydrogen-bond acceptors (Lipinski definition) is 2. The Kier molecular flexibility index (Phi) is 3.65. The van der Waals surface area contributed by atoms with Crippen molar-refractivity contribution in [1.29, 1.82) is 0 Å². The van der Waals surface area contributed by atoms with Crippen LogP contribution in [0.5, 0.6) is 0 Å². The monoisotopic (exact) mass is 212 g/mol. The van der Waals surface area contributed by atoms with E-state index < -0.39 is 0 Å². The van der Waals surface area contributed by atoms with Crippen LogP contribution in [0.1, 0.15) is 30.4 Å². The van der Waals surface area contributed by atoms with Gasteiger partial charge in [0.1, 0.15) is 0 Å². The van der Waals surface area contributed by atoms with Crippen LogP contribution in [0, 0.1) is 0 Å². The first-order valence-corrected chi connectivity index (χ1v) is 5.65. The summed E-state index contributed by atoms with van der Waals surface area (Å²) in [5.41, 5.74) is 2.72. The van der Waals surface area contributed by atoms with Crippen molar-refractivity contribution in [2.75, 3.05) is 0 Å². The molecule has 82 valence electrons. The van der Waals surface area contributed by atoms with Crippen molar-refractivity contribution >= 4 is 0 Å². The second-order valence-electron chi connectivity index (χ2n) is 4.08. The fraction of sp³-hybridized carbons (Fsp3) is 0.286. The lowest BCUT2D eigenvalue weighted by molar-refractivity contribution is 0.678. The quantitative estimate of drug-likeness (QED) is 0.777. The van der Waals surface area contributed by atoms with Crippen LogP contribution in [0.15, 0.2) is 49.1 Å². The predicted molar refractivity (Wildman–Crippen MR) is 65.2 cm³/mol. The van der Waals surface area contributed by atoms with Crippen molar-refractivity contribution in [2.45, 2.75) is 25.7 Å². The highest BCUT2D eigenvalue weighted by atomic mass is 14.6. The number of hydrogen-bond donors (Lipinski definition) is 0. The molecule has 16 heavy (non-hydrogen) atoms. The largest absolute Gasteiger partial charge is 0.265 e. The zero-order chi connectivity index (χ0) is 11.2. The molecule has 2 rings (SSSR count). The number of pyridine rings is 2. The standard InChI is InChI=1S/C14H16N2/c1-12(14-6-10-16-11-7-14)2-3-13-4-8-15-9-5-13/h4-12H,2-3H2,1H3. The molecule has 2 nitrogen and oxygen atoms in total. The molecule has 0 radical (unpaired) electrons. The molecule has 1 unspecified atom stereocenters. The van der Waals surface area contributed by atoms with Crippen molar-refractivity contribution in [2.24, 2.45) is 0 Å². The number of aromatic nitrogens is 2. The highest BCUT2D eigenvalue weighted by Crippen LogP contribution is 2.19. The molecule has 0 fully saturated rings. The lowest BCUT2D eigenvalue weighted by Crippen LogP contribution is -1.96. The zero-order valence-electron chi connectivity index (χ0n) is 9.50. The van der Waals surface area contributed by atoms with Crippen LogP contribution < -0.4 is 0 Å². The van der Waals surface area contributed by atoms with Crippen LogP contribution >= 0.6 is 0 Å². The summed E-state index contributed by atoms with van der Waals surface area (Å²) in [6, 6.07) is 8.35. The molecule has 0 bridgehead atoms. The topological polar surface area (TPSA) is 25.8 Å². The summed E-state index contributed by atoms with van der Waals surface area (Å²) < 4.78 is 0. The zero-order valence-corrected chi connectivity index (χ0v) is 9.50. The fourth-order valence-electron chi connectivity index (χ4n) is 1.79. The summed E-state index contributed by atoms with van der Waals surface area (Å²) in [5.74, 6) is 0.580. The van der Waals surface area contributed by atoms with E-state index in [0.717, 1.165) is 12.8 Å². The average molecular weight is 212 g/mol. The van der Waals surface area contributed by atoms with Crippen LogP contribution in [0.4, 0.5) is 0 Å². The van der Waals surface area contributed by atoms with Crippen molar-refractivity contribution < 1.29 is 0 Å². The van der Waals surface area contributed by atoms with Gasteiger partial charge in [-0.2, -0.15) is 0 Å². The lowest BCUT2D eigenvalue weighted by Gasteiger charge is -2.11. The van der Waals surface area contributed by atoms with Gasteiger partial charge in [-0.1, -0.05) is 6.92 Å². The Labute approximate surface area is 96.4 Å². The van der Waals surface area contributed by atoms with Gasteiger partial charge in [-0.05, 0) is 54.2 Å². The van der Waals surface area contributed by atoms with Gasteiger partial charge in [0.2, 0.25) is 0 Å². The van der Waals surface area contributed by atoms with E-state index in [9.17, 15) is 0 Å². The fourth-order valence-corrected chi connectivity index (χ4v) is 1.79. The maximum Gasteiger partial charge on any atom is 0.0270 e. The summed E-state index contributed by atoms with van der Waals surface area (Å²) in [7, 11) is 0. The third kappa shape index (κ3) is 2.89. The molecule has 0 saturated heterocycles. The van der Waals surface area contributed by atoms with Gasteiger partial charge >= 0.3 is 0 Å². The molecule has 0 amide bonds. The van der Waals surface area contributed by atoms with Gasteiger partial charge in [-0.15, -0.1) is 0 Å². The Morgan fingerprint density at radius 3 is 2.12 bits per heavy atom. The average Bonchev–Trinajstić information content (AvgIpc) is 2.38. The molecule has 0 saturated carbocycles. The Morgan fingerprint density at radius 2 is 1.50 bits per heavy atom. The maximum atomic E-state index is 4.04. The van der Waals surface area contributed by atoms with Gasteiger partial charge in [0, 0.05) is 24.8 Å². The van der Waals surface area contributed by atoms with Crippen molar-refractivity contribution in [3.63, 3.8) is 0 Å². The van der Waals surface area contributed by atoms with Crippen LogP contribution in [0.25, 0.3) is 0 Å². The third-order valence-electron chi connectivity index (χ3n) is 2.89. The first kappa shape index (κ1) is 10.8. The Hall–Kier alpha value is -1.70. The molecular formula is C14H16N2. The van der Waals surface area contributed by atoms with E-state index in [1.54, 1.807) is 0 Å². The predicted octanol–water partition coefficient (Wildman–Crippen LogP) is 3.21. The van der Waals surface area contributed by atoms with Gasteiger partial charge in [0.15, 0.2) is 0 Å². The minimum absolute atomic E-state index is 0.580. The van der Waals surface area contributed by atoms with Gasteiger partial charge in [-0.25, -0.2) is 0 Å². The lowest BCUT2D eigenvalue weighted by atomic mass is 9.95. The van der Waals surface area contributed by atoms with Crippen molar-refractivity contribution in [1.82, 2.24) is 9.97 Å². The molecule has 1 atom stereocenters. The first-order chi connectivity index (χ1) is 7.86. The molecule has 2 heteroatoms. The normalized spacial score (nSPS) is 12.3. The molecule has 2 aromatic rings. The van der Waals surface area contributed by atoms with Gasteiger partial charge < -0.3 is 0 Å². The van der Waals surface area contributed by atoms with E-state index in [4.69, 9.17) is 0 Å². The van der Waals surface area contributed by atoms with Crippen LogP contribution in [0.2, 0.25) is 0 Å². The third-order valence-corrected chi connectivity index (χ3v) is 2.89. The minimum atomic E-state index is 0.580. The minimum Gasteiger partial charge on any atom is -0.265 e. The van der Waals surface area contributed by atoms with E-state index >= 15 is 0 Å². The van der Waals surface area contributed by atoms with Crippen LogP contribution in [0.3, 0.4) is 0 Å². The number of aryl methyl sites for hydroxylation is 1. The Bertz CT molecular complexity index is 411. The molecule has 0 aliphatic carbocycles. The highest BCUT2D eigenvalue weighted by Gasteiger charge is 2.04. The first-order valence-electron chi connectivity index (χ1n) is 5.65. The van der Waals surface area contributed by atoms with Crippen molar-refractivity contribution in [3.05, 3.63) is 60.2 Å². The molecular weight excluding hydrogens is 196 g/mol. The second-order valence-corrected chi connectivity index (χ2v) is 4.08. The number of rotatable bonds is 4. The molecule has 0 aliphatic rings. The van der Waals surface area contributed by atoms with Gasteiger partial charge in [-0.3, -0.25) is 9.97 Å². The second kappa shape index (κ2) is 5.40. The van der Waals surface area contributed by atoms with E-state index in [-0.39, 0.29) is 0 Å². The van der Waals surface area contributed by atoms with E-state index in [2.05, 4.69) is 41.2 Å². The Balaban J connectivity index is 1.92. The summed E-state index contributed by atoms with van der Waals surface area (Å²) in [6.07, 6.45) is 9.69. The maximum absolute atomic E-state index is 4.04. The van der Waals surface area contributed by atoms with Crippen LogP contribution in [-0.4, -0.2) is 9.97 Å².